The molecule has 33 heavy (non-hydrogen) atoms. The summed E-state index contributed by atoms with van der Waals surface area (Å²) < 4.78 is 0. The Hall–Kier alpha value is -0.717. The number of rotatable bonds is 10. The fraction of sp³-hybridized carbons (Fsp3) is 0.429. The van der Waals surface area contributed by atoms with Gasteiger partial charge in [-0.3, -0.25) is 19.2 Å². The number of aliphatic carboxylic acids is 6. The van der Waals surface area contributed by atoms with E-state index in [4.69, 9.17) is 55.9 Å². The van der Waals surface area contributed by atoms with E-state index in [0.29, 0.717) is 0 Å². The van der Waals surface area contributed by atoms with Gasteiger partial charge in [0, 0.05) is 0 Å². The van der Waals surface area contributed by atoms with Gasteiger partial charge >= 0.3 is 152 Å². The number of hydrogen-bond donors (Lipinski definition) is 10. The summed E-state index contributed by atoms with van der Waals surface area (Å²) in [6.45, 7) is 0. The molecule has 0 saturated carbocycles. The molecule has 0 aliphatic heterocycles. The minimum atomic E-state index is -2.74. The summed E-state index contributed by atoms with van der Waals surface area (Å²) >= 11 is 0. The molecule has 0 fully saturated rings. The number of carboxylic acids is 6. The van der Waals surface area contributed by atoms with Crippen LogP contribution >= 0.6 is 0 Å². The fourth-order valence-corrected chi connectivity index (χ4v) is 1.43. The van der Waals surface area contributed by atoms with Crippen LogP contribution in [0, 0.1) is 7.43 Å². The molecule has 0 aromatic carbocycles. The van der Waals surface area contributed by atoms with Gasteiger partial charge in [0.25, 0.3) is 0 Å². The van der Waals surface area contributed by atoms with Crippen molar-refractivity contribution in [2.24, 2.45) is 0 Å². The van der Waals surface area contributed by atoms with E-state index < -0.39 is 78.9 Å². The molecule has 0 spiro atoms. The van der Waals surface area contributed by atoms with Crippen LogP contribution in [0.5, 0.6) is 0 Å². The molecule has 0 atom stereocenters. The second kappa shape index (κ2) is 21.8. The molecule has 0 aliphatic carbocycles. The maximum absolute atomic E-state index is 10.3. The van der Waals surface area contributed by atoms with Gasteiger partial charge in [0.2, 0.25) is 0 Å². The minimum absolute atomic E-state index is 0. The van der Waals surface area contributed by atoms with Crippen molar-refractivity contribution in [3.05, 3.63) is 7.43 Å². The Labute approximate surface area is 269 Å². The fourth-order valence-electron chi connectivity index (χ4n) is 1.43. The average Bonchev–Trinajstić information content (AvgIpc) is 2.43. The first-order valence-electron chi connectivity index (χ1n) is 6.99. The van der Waals surface area contributed by atoms with Crippen molar-refractivity contribution in [3.63, 3.8) is 0 Å². The van der Waals surface area contributed by atoms with Crippen molar-refractivity contribution in [2.45, 2.75) is 36.9 Å². The molecule has 19 heteroatoms. The molecule has 172 valence electrons. The molecule has 0 aromatic heterocycles. The zero-order valence-electron chi connectivity index (χ0n) is 17.2. The number of aliphatic hydroxyl groups is 2. The maximum atomic E-state index is 10.3. The maximum Gasteiger partial charge on any atom is 4.00 e. The third-order valence-corrected chi connectivity index (χ3v) is 2.57. The van der Waals surface area contributed by atoms with Crippen molar-refractivity contribution >= 4 is 42.0 Å². The number of carbonyl (C=O) groups is 7. The minimum Gasteiger partial charge on any atom is -0.481 e. The molecule has 0 radical (unpaired) electrons. The van der Waals surface area contributed by atoms with Gasteiger partial charge < -0.3 is 51.1 Å². The second-order valence-corrected chi connectivity index (χ2v) is 5.24. The Kier molecular flexibility index (Phi) is 30.2. The largest absolute Gasteiger partial charge is 4.00 e. The van der Waals surface area contributed by atoms with E-state index in [1.807, 2.05) is 0 Å². The first kappa shape index (κ1) is 45.7. The van der Waals surface area contributed by atoms with Crippen molar-refractivity contribution in [1.82, 2.24) is 0 Å². The van der Waals surface area contributed by atoms with Crippen molar-refractivity contribution < 1.29 is 187 Å². The molecule has 0 amide bonds. The summed E-state index contributed by atoms with van der Waals surface area (Å²) in [5, 5.41) is 81.6. The predicted octanol–water partition coefficient (Wildman–Crippen LogP) is -8.19. The van der Waals surface area contributed by atoms with E-state index >= 15 is 0 Å². The molecular weight excluding hydrogens is 518 g/mol. The molecule has 0 heterocycles. The van der Waals surface area contributed by atoms with Crippen LogP contribution in [0.2, 0.25) is 0 Å². The van der Waals surface area contributed by atoms with Crippen LogP contribution in [0.4, 0.5) is 4.79 Å². The van der Waals surface area contributed by atoms with Gasteiger partial charge in [0.15, 0.2) is 11.2 Å². The topological polar surface area (TPSA) is 322 Å². The van der Waals surface area contributed by atoms with Gasteiger partial charge in [0.05, 0.1) is 25.7 Å². The molecule has 0 aliphatic rings. The standard InChI is InChI=1S/2C6H8O7.CH2O3.C.2K/c2*7-3(8)1-6(13,5(11)12)2-4(9)10;2-1(3)4;;;/h2*13H,1-2H2,(H,7,8)(H,9,10)(H,11,12);(H2,2,3,4);;;/q;;;+4;2*+1. The monoisotopic (exact) mass is 536 g/mol. The molecule has 0 rings (SSSR count). The smallest absolute Gasteiger partial charge is 0.481 e. The Morgan fingerprint density at radius 3 is 0.636 bits per heavy atom. The predicted molar refractivity (Wildman–Crippen MR) is 88.1 cm³/mol. The van der Waals surface area contributed by atoms with Crippen LogP contribution in [0.1, 0.15) is 25.7 Å². The van der Waals surface area contributed by atoms with Gasteiger partial charge in [-0.15, -0.1) is 0 Å². The average molecular weight is 536 g/mol. The van der Waals surface area contributed by atoms with Crippen LogP contribution < -0.4 is 103 Å². The van der Waals surface area contributed by atoms with Crippen molar-refractivity contribution in [1.29, 1.82) is 0 Å². The second-order valence-electron chi connectivity index (χ2n) is 5.24. The molecule has 17 nitrogen and oxygen atoms in total. The number of carboxylic acid groups (broad SMARTS) is 8. The molecular formula is C14H18K2O17+6. The quantitative estimate of drug-likeness (QED) is 0.116. The van der Waals surface area contributed by atoms with Crippen LogP contribution in [0.25, 0.3) is 0 Å². The summed E-state index contributed by atoms with van der Waals surface area (Å²) in [4.78, 5) is 69.5. The summed E-state index contributed by atoms with van der Waals surface area (Å²) in [6.07, 6.45) is -6.41. The van der Waals surface area contributed by atoms with E-state index in [1.54, 1.807) is 0 Å². The van der Waals surface area contributed by atoms with E-state index in [0.717, 1.165) is 0 Å². The first-order chi connectivity index (χ1) is 13.3. The van der Waals surface area contributed by atoms with Gasteiger partial charge in [-0.25, -0.2) is 14.4 Å². The van der Waals surface area contributed by atoms with Gasteiger partial charge in [-0.1, -0.05) is 0 Å². The molecule has 0 unspecified atom stereocenters. The summed E-state index contributed by atoms with van der Waals surface area (Å²) in [7, 11) is 0. The SMILES string of the molecule is O=C(O)CC(O)(CC(=O)O)C(=O)O.O=C(O)CC(O)(CC(=O)O)C(=O)O.O=C(O)O.[C+4].[K+].[K+]. The van der Waals surface area contributed by atoms with Gasteiger partial charge in [-0.2, -0.15) is 0 Å². The molecule has 10 N–H and O–H groups in total. The first-order valence-corrected chi connectivity index (χ1v) is 6.99. The Bertz CT molecular complexity index is 601. The van der Waals surface area contributed by atoms with Crippen LogP contribution in [0.15, 0.2) is 0 Å². The Morgan fingerprint density at radius 2 is 0.576 bits per heavy atom. The third kappa shape index (κ3) is 27.4. The van der Waals surface area contributed by atoms with E-state index in [2.05, 4.69) is 0 Å². The van der Waals surface area contributed by atoms with Crippen LogP contribution in [0.3, 0.4) is 0 Å². The molecule has 0 saturated heterocycles. The Balaban J connectivity index is -0.0000000880. The Morgan fingerprint density at radius 1 is 0.455 bits per heavy atom. The zero-order chi connectivity index (χ0) is 24.9. The normalized spacial score (nSPS) is 9.27. The van der Waals surface area contributed by atoms with Crippen molar-refractivity contribution in [3.8, 4) is 0 Å². The molecule has 0 bridgehead atoms. The van der Waals surface area contributed by atoms with Gasteiger partial charge in [0.1, 0.15) is 0 Å². The van der Waals surface area contributed by atoms with Crippen LogP contribution in [-0.4, -0.2) is 104 Å². The molecule has 0 aromatic rings. The van der Waals surface area contributed by atoms with E-state index in [1.165, 1.54) is 0 Å². The van der Waals surface area contributed by atoms with Crippen LogP contribution in [-0.2, 0) is 28.8 Å². The van der Waals surface area contributed by atoms with Gasteiger partial charge in [-0.05, 0) is 0 Å². The zero-order valence-corrected chi connectivity index (χ0v) is 23.4. The van der Waals surface area contributed by atoms with Crippen molar-refractivity contribution in [2.75, 3.05) is 0 Å². The van der Waals surface area contributed by atoms with E-state index in [-0.39, 0.29) is 110 Å². The summed E-state index contributed by atoms with van der Waals surface area (Å²) in [5.74, 6) is -10.0. The third-order valence-electron chi connectivity index (χ3n) is 2.57. The summed E-state index contributed by atoms with van der Waals surface area (Å²) in [5.41, 5.74) is -5.48. The van der Waals surface area contributed by atoms with E-state index in [9.17, 15) is 28.8 Å². The number of hydrogen-bond acceptors (Lipinski definition) is 9. The summed E-state index contributed by atoms with van der Waals surface area (Å²) in [6, 6.07) is 0.